The van der Waals surface area contributed by atoms with Gasteiger partial charge in [-0.3, -0.25) is 4.90 Å². The third-order valence-electron chi connectivity index (χ3n) is 5.19. The van der Waals surface area contributed by atoms with Gasteiger partial charge in [0.2, 0.25) is 0 Å². The molecule has 2 aliphatic rings. The molecular weight excluding hydrogens is 328 g/mol. The van der Waals surface area contributed by atoms with Crippen molar-refractivity contribution >= 4 is 11.9 Å². The van der Waals surface area contributed by atoms with Gasteiger partial charge in [-0.15, -0.1) is 0 Å². The van der Waals surface area contributed by atoms with Crippen LogP contribution in [0, 0.1) is 0 Å². The van der Waals surface area contributed by atoms with Crippen LogP contribution in [0.2, 0.25) is 0 Å². The highest BCUT2D eigenvalue weighted by Gasteiger charge is 2.24. The van der Waals surface area contributed by atoms with Crippen LogP contribution in [-0.4, -0.2) is 54.3 Å². The summed E-state index contributed by atoms with van der Waals surface area (Å²) in [5.74, 6) is 1.09. The number of amides is 1. The highest BCUT2D eigenvalue weighted by Crippen LogP contribution is 2.22. The first kappa shape index (κ1) is 19.0. The van der Waals surface area contributed by atoms with Crippen LogP contribution in [0.1, 0.15) is 51.5 Å². The zero-order valence-electron chi connectivity index (χ0n) is 16.1. The zero-order valence-corrected chi connectivity index (χ0v) is 16.1. The Balaban J connectivity index is 1.53. The second-order valence-electron chi connectivity index (χ2n) is 7.74. The molecule has 0 spiro atoms. The third kappa shape index (κ3) is 5.34. The lowest BCUT2D eigenvalue weighted by atomic mass is 10.0. The molecule has 1 aromatic rings. The molecule has 1 N–H and O–H groups in total. The molecule has 26 heavy (non-hydrogen) atoms. The molecule has 6 nitrogen and oxygen atoms in total. The summed E-state index contributed by atoms with van der Waals surface area (Å²) in [6.07, 6.45) is 7.70. The summed E-state index contributed by atoms with van der Waals surface area (Å²) in [5, 5.41) is 2.79. The van der Waals surface area contributed by atoms with Gasteiger partial charge in [-0.05, 0) is 57.7 Å². The molecule has 0 radical (unpaired) electrons. The summed E-state index contributed by atoms with van der Waals surface area (Å²) in [6.45, 7) is 8.49. The summed E-state index contributed by atoms with van der Waals surface area (Å²) in [5.41, 5.74) is 1.23. The van der Waals surface area contributed by atoms with Crippen molar-refractivity contribution in [1.29, 1.82) is 0 Å². The number of rotatable bonds is 6. The number of carbonyl (C=O) groups excluding carboxylic acids is 1. The predicted octanol–water partition coefficient (Wildman–Crippen LogP) is 3.17. The van der Waals surface area contributed by atoms with Crippen molar-refractivity contribution in [3.63, 3.8) is 0 Å². The third-order valence-corrected chi connectivity index (χ3v) is 5.19. The van der Waals surface area contributed by atoms with Crippen LogP contribution in [-0.2, 0) is 11.3 Å². The fraction of sp³-hybridized carbons (Fsp3) is 0.700. The number of piperidine rings is 1. The first-order valence-electron chi connectivity index (χ1n) is 9.99. The van der Waals surface area contributed by atoms with Crippen LogP contribution in [0.4, 0.5) is 10.6 Å². The molecule has 0 bridgehead atoms. The number of carbonyl (C=O) groups is 1. The Bertz CT molecular complexity index is 570. The van der Waals surface area contributed by atoms with E-state index in [4.69, 9.17) is 4.74 Å². The average Bonchev–Trinajstić information content (AvgIpc) is 3.16. The van der Waals surface area contributed by atoms with Crippen molar-refractivity contribution in [3.8, 4) is 0 Å². The van der Waals surface area contributed by atoms with E-state index in [0.717, 1.165) is 38.4 Å². The molecule has 2 aliphatic heterocycles. The summed E-state index contributed by atoms with van der Waals surface area (Å²) in [6, 6.07) is 4.73. The first-order valence-corrected chi connectivity index (χ1v) is 9.99. The summed E-state index contributed by atoms with van der Waals surface area (Å²) < 4.78 is 5.43. The van der Waals surface area contributed by atoms with Gasteiger partial charge in [0.15, 0.2) is 0 Å². The van der Waals surface area contributed by atoms with Crippen molar-refractivity contribution < 1.29 is 9.53 Å². The number of alkyl carbamates (subject to hydrolysis) is 1. The Hall–Kier alpha value is -1.82. The lowest BCUT2D eigenvalue weighted by Crippen LogP contribution is -2.43. The smallest absolute Gasteiger partial charge is 0.407 e. The molecule has 3 heterocycles. The van der Waals surface area contributed by atoms with E-state index in [2.05, 4.69) is 32.2 Å². The van der Waals surface area contributed by atoms with Crippen LogP contribution >= 0.6 is 0 Å². The fourth-order valence-corrected chi connectivity index (χ4v) is 3.78. The highest BCUT2D eigenvalue weighted by molar-refractivity contribution is 5.67. The number of aromatic nitrogens is 1. The van der Waals surface area contributed by atoms with E-state index in [1.165, 1.54) is 31.2 Å². The zero-order chi connectivity index (χ0) is 18.4. The molecule has 3 rings (SSSR count). The molecule has 1 amide bonds. The monoisotopic (exact) mass is 360 g/mol. The van der Waals surface area contributed by atoms with Gasteiger partial charge >= 0.3 is 6.09 Å². The van der Waals surface area contributed by atoms with Gasteiger partial charge in [0.05, 0.1) is 0 Å². The largest absolute Gasteiger partial charge is 0.448 e. The normalized spacial score (nSPS) is 21.2. The van der Waals surface area contributed by atoms with Crippen molar-refractivity contribution in [2.45, 2.75) is 64.6 Å². The van der Waals surface area contributed by atoms with Crippen molar-refractivity contribution in [2.24, 2.45) is 0 Å². The summed E-state index contributed by atoms with van der Waals surface area (Å²) >= 11 is 0. The Morgan fingerprint density at radius 3 is 2.69 bits per heavy atom. The van der Waals surface area contributed by atoms with E-state index in [-0.39, 0.29) is 12.1 Å². The molecule has 0 aromatic carbocycles. The number of hydrogen-bond donors (Lipinski definition) is 1. The molecule has 1 unspecified atom stereocenters. The number of hydrogen-bond acceptors (Lipinski definition) is 5. The number of anilines is 1. The Labute approximate surface area is 156 Å². The van der Waals surface area contributed by atoms with Crippen LogP contribution in [0.3, 0.4) is 0 Å². The van der Waals surface area contributed by atoms with Gasteiger partial charge in [0, 0.05) is 37.9 Å². The fourth-order valence-electron chi connectivity index (χ4n) is 3.78. The number of pyridine rings is 1. The standard InChI is InChI=1S/C20H32N4O2/c1-16(2)22-20(25)26-15-18-7-3-4-12-24(18)14-17-8-9-19(21-13-17)23-10-5-6-11-23/h8-9,13,16,18H,3-7,10-12,14-15H2,1-2H3,(H,22,25). The first-order chi connectivity index (χ1) is 12.6. The van der Waals surface area contributed by atoms with Crippen molar-refractivity contribution in [3.05, 3.63) is 23.9 Å². The minimum atomic E-state index is -0.317. The molecule has 2 saturated heterocycles. The molecule has 1 atom stereocenters. The van der Waals surface area contributed by atoms with Crippen LogP contribution in [0.15, 0.2) is 18.3 Å². The predicted molar refractivity (Wildman–Crippen MR) is 103 cm³/mol. The van der Waals surface area contributed by atoms with Crippen LogP contribution in [0.5, 0.6) is 0 Å². The minimum Gasteiger partial charge on any atom is -0.448 e. The molecule has 0 aliphatic carbocycles. The van der Waals surface area contributed by atoms with Gasteiger partial charge in [-0.25, -0.2) is 9.78 Å². The van der Waals surface area contributed by atoms with Gasteiger partial charge in [-0.1, -0.05) is 12.5 Å². The topological polar surface area (TPSA) is 57.7 Å². The highest BCUT2D eigenvalue weighted by atomic mass is 16.5. The van der Waals surface area contributed by atoms with E-state index in [1.54, 1.807) is 0 Å². The molecular formula is C20H32N4O2. The van der Waals surface area contributed by atoms with E-state index in [0.29, 0.717) is 12.6 Å². The Morgan fingerprint density at radius 2 is 2.00 bits per heavy atom. The molecule has 6 heteroatoms. The van der Waals surface area contributed by atoms with Crippen molar-refractivity contribution in [1.82, 2.24) is 15.2 Å². The van der Waals surface area contributed by atoms with Crippen LogP contribution in [0.25, 0.3) is 0 Å². The average molecular weight is 361 g/mol. The van der Waals surface area contributed by atoms with E-state index in [9.17, 15) is 4.79 Å². The van der Waals surface area contributed by atoms with Gasteiger partial charge in [-0.2, -0.15) is 0 Å². The molecule has 144 valence electrons. The SMILES string of the molecule is CC(C)NC(=O)OCC1CCCCN1Cc1ccc(N2CCCC2)nc1. The summed E-state index contributed by atoms with van der Waals surface area (Å²) in [4.78, 5) is 21.2. The van der Waals surface area contributed by atoms with Crippen molar-refractivity contribution in [2.75, 3.05) is 31.1 Å². The number of ether oxygens (including phenoxy) is 1. The van der Waals surface area contributed by atoms with E-state index >= 15 is 0 Å². The maximum absolute atomic E-state index is 11.8. The maximum atomic E-state index is 11.8. The van der Waals surface area contributed by atoms with E-state index in [1.807, 2.05) is 20.0 Å². The second-order valence-corrected chi connectivity index (χ2v) is 7.74. The van der Waals surface area contributed by atoms with Gasteiger partial charge < -0.3 is 15.0 Å². The number of nitrogens with one attached hydrogen (secondary N) is 1. The maximum Gasteiger partial charge on any atom is 0.407 e. The summed E-state index contributed by atoms with van der Waals surface area (Å²) in [7, 11) is 0. The quantitative estimate of drug-likeness (QED) is 0.844. The molecule has 0 saturated carbocycles. The van der Waals surface area contributed by atoms with Crippen LogP contribution < -0.4 is 10.2 Å². The second kappa shape index (κ2) is 9.21. The Kier molecular flexibility index (Phi) is 6.72. The van der Waals surface area contributed by atoms with Gasteiger partial charge in [0.1, 0.15) is 12.4 Å². The van der Waals surface area contributed by atoms with Gasteiger partial charge in [0.25, 0.3) is 0 Å². The molecule has 2 fully saturated rings. The lowest BCUT2D eigenvalue weighted by molar-refractivity contribution is 0.0631. The minimum absolute atomic E-state index is 0.102. The van der Waals surface area contributed by atoms with E-state index < -0.39 is 0 Å². The molecule has 1 aromatic heterocycles. The number of nitrogens with zero attached hydrogens (tertiary/aromatic N) is 3. The lowest BCUT2D eigenvalue weighted by Gasteiger charge is -2.35. The number of likely N-dealkylation sites (tertiary alicyclic amines) is 1. The Morgan fingerprint density at radius 1 is 1.23 bits per heavy atom.